The van der Waals surface area contributed by atoms with Gasteiger partial charge in [-0.3, -0.25) is 4.79 Å². The zero-order valence-corrected chi connectivity index (χ0v) is 12.5. The van der Waals surface area contributed by atoms with Gasteiger partial charge >= 0.3 is 0 Å². The third-order valence-corrected chi connectivity index (χ3v) is 3.85. The summed E-state index contributed by atoms with van der Waals surface area (Å²) < 4.78 is 1.86. The fraction of sp³-hybridized carbons (Fsp3) is 0.235. The zero-order chi connectivity index (χ0) is 15.7. The van der Waals surface area contributed by atoms with E-state index in [-0.39, 0.29) is 23.1 Å². The van der Waals surface area contributed by atoms with E-state index >= 15 is 0 Å². The fourth-order valence-corrected chi connectivity index (χ4v) is 2.38. The Morgan fingerprint density at radius 2 is 2.09 bits per heavy atom. The van der Waals surface area contributed by atoms with E-state index in [4.69, 9.17) is 0 Å². The number of fused-ring (bicyclic) bond motifs is 1. The maximum atomic E-state index is 12.5. The largest absolute Gasteiger partial charge is 0.507 e. The van der Waals surface area contributed by atoms with Crippen LogP contribution in [0.2, 0.25) is 0 Å². The Morgan fingerprint density at radius 3 is 2.82 bits per heavy atom. The van der Waals surface area contributed by atoms with Gasteiger partial charge < -0.3 is 5.11 Å². The van der Waals surface area contributed by atoms with Gasteiger partial charge in [-0.1, -0.05) is 19.1 Å². The van der Waals surface area contributed by atoms with Crippen molar-refractivity contribution < 1.29 is 9.90 Å². The van der Waals surface area contributed by atoms with E-state index in [1.165, 1.54) is 12.3 Å². The molecule has 3 rings (SSSR count). The maximum absolute atomic E-state index is 12.5. The number of aromatic hydroxyl groups is 1. The van der Waals surface area contributed by atoms with Crippen molar-refractivity contribution in [1.29, 1.82) is 0 Å². The van der Waals surface area contributed by atoms with E-state index < -0.39 is 0 Å². The summed E-state index contributed by atoms with van der Waals surface area (Å²) >= 11 is 0. The summed E-state index contributed by atoms with van der Waals surface area (Å²) in [4.78, 5) is 16.9. The topological polar surface area (TPSA) is 68.0 Å². The van der Waals surface area contributed by atoms with Gasteiger partial charge in [0.15, 0.2) is 11.4 Å². The van der Waals surface area contributed by atoms with Crippen LogP contribution >= 0.6 is 0 Å². The minimum Gasteiger partial charge on any atom is -0.507 e. The predicted octanol–water partition coefficient (Wildman–Crippen LogP) is 3.34. The Labute approximate surface area is 128 Å². The van der Waals surface area contributed by atoms with Gasteiger partial charge in [-0.25, -0.2) is 9.67 Å². The lowest BCUT2D eigenvalue weighted by atomic mass is 10.0. The number of hydrogen-bond donors (Lipinski definition) is 1. The number of rotatable bonds is 4. The first-order valence-corrected chi connectivity index (χ1v) is 7.27. The molecule has 5 heteroatoms. The molecule has 5 nitrogen and oxygen atoms in total. The number of aromatic nitrogens is 3. The van der Waals surface area contributed by atoms with Gasteiger partial charge in [0.25, 0.3) is 0 Å². The number of hydrogen-bond acceptors (Lipinski definition) is 4. The number of phenols is 1. The summed E-state index contributed by atoms with van der Waals surface area (Å²) in [6.45, 7) is 4.17. The quantitative estimate of drug-likeness (QED) is 0.750. The monoisotopic (exact) mass is 295 g/mol. The van der Waals surface area contributed by atoms with Crippen LogP contribution in [0.3, 0.4) is 0 Å². The Hall–Kier alpha value is -2.69. The average molecular weight is 295 g/mol. The molecular weight excluding hydrogens is 278 g/mol. The highest BCUT2D eigenvalue weighted by molar-refractivity contribution is 6.11. The molecule has 2 aromatic heterocycles. The van der Waals surface area contributed by atoms with Crippen LogP contribution in [0.4, 0.5) is 0 Å². The smallest absolute Gasteiger partial charge is 0.198 e. The first-order valence-electron chi connectivity index (χ1n) is 7.27. The number of phenolic OH excluding ortho intramolecular Hbond substituents is 1. The summed E-state index contributed by atoms with van der Waals surface area (Å²) in [5.74, 6) is -0.272. The molecule has 0 bridgehead atoms. The normalized spacial score (nSPS) is 12.5. The van der Waals surface area contributed by atoms with Gasteiger partial charge in [-0.05, 0) is 31.5 Å². The first kappa shape index (κ1) is 14.3. The van der Waals surface area contributed by atoms with Crippen molar-refractivity contribution in [2.24, 2.45) is 0 Å². The van der Waals surface area contributed by atoms with Gasteiger partial charge in [-0.2, -0.15) is 5.10 Å². The highest BCUT2D eigenvalue weighted by Gasteiger charge is 2.16. The molecule has 1 atom stereocenters. The standard InChI is InChI=1S/C17H17N3O2/c1-3-11(2)20-17-13(10-19-20)8-12(9-18-17)16(22)14-6-4-5-7-15(14)21/h4-11,21H,3H2,1-2H3/t11-/m0/s1. The molecule has 0 radical (unpaired) electrons. The van der Waals surface area contributed by atoms with Crippen molar-refractivity contribution >= 4 is 16.8 Å². The second kappa shape index (κ2) is 5.60. The molecule has 0 saturated heterocycles. The minimum atomic E-state index is -0.246. The Balaban J connectivity index is 2.03. The second-order valence-corrected chi connectivity index (χ2v) is 5.33. The van der Waals surface area contributed by atoms with E-state index in [2.05, 4.69) is 23.9 Å². The maximum Gasteiger partial charge on any atom is 0.198 e. The molecule has 0 fully saturated rings. The molecule has 0 spiro atoms. The lowest BCUT2D eigenvalue weighted by molar-refractivity contribution is 0.103. The van der Waals surface area contributed by atoms with Gasteiger partial charge in [0, 0.05) is 17.1 Å². The Kier molecular flexibility index (Phi) is 3.63. The summed E-state index contributed by atoms with van der Waals surface area (Å²) in [5, 5.41) is 15.0. The number of benzene rings is 1. The van der Waals surface area contributed by atoms with Crippen LogP contribution in [0.25, 0.3) is 11.0 Å². The molecule has 0 amide bonds. The molecule has 0 aliphatic rings. The summed E-state index contributed by atoms with van der Waals surface area (Å²) in [5.41, 5.74) is 1.49. The van der Waals surface area contributed by atoms with Crippen molar-refractivity contribution in [1.82, 2.24) is 14.8 Å². The number of nitrogens with zero attached hydrogens (tertiary/aromatic N) is 3. The summed E-state index contributed by atoms with van der Waals surface area (Å²) in [6, 6.07) is 8.53. The van der Waals surface area contributed by atoms with Gasteiger partial charge in [-0.15, -0.1) is 0 Å². The van der Waals surface area contributed by atoms with Crippen molar-refractivity contribution in [2.75, 3.05) is 0 Å². The molecule has 0 saturated carbocycles. The average Bonchev–Trinajstić information content (AvgIpc) is 2.97. The summed E-state index contributed by atoms with van der Waals surface area (Å²) in [6.07, 6.45) is 4.21. The van der Waals surface area contributed by atoms with Crippen LogP contribution in [0, 0.1) is 0 Å². The fourth-order valence-electron chi connectivity index (χ4n) is 2.38. The van der Waals surface area contributed by atoms with Crippen LogP contribution in [0.15, 0.2) is 42.7 Å². The highest BCUT2D eigenvalue weighted by Crippen LogP contribution is 2.23. The molecule has 112 valence electrons. The molecule has 1 aromatic carbocycles. The zero-order valence-electron chi connectivity index (χ0n) is 12.5. The molecule has 22 heavy (non-hydrogen) atoms. The third kappa shape index (κ3) is 2.35. The van der Waals surface area contributed by atoms with Crippen LogP contribution in [0.5, 0.6) is 5.75 Å². The van der Waals surface area contributed by atoms with Crippen LogP contribution in [-0.2, 0) is 0 Å². The number of ketones is 1. The van der Waals surface area contributed by atoms with E-state index in [1.807, 2.05) is 4.68 Å². The van der Waals surface area contributed by atoms with Crippen molar-refractivity contribution in [2.45, 2.75) is 26.3 Å². The second-order valence-electron chi connectivity index (χ2n) is 5.33. The van der Waals surface area contributed by atoms with Crippen molar-refractivity contribution in [3.05, 3.63) is 53.9 Å². The minimum absolute atomic E-state index is 0.0251. The Morgan fingerprint density at radius 1 is 1.32 bits per heavy atom. The van der Waals surface area contributed by atoms with Crippen molar-refractivity contribution in [3.63, 3.8) is 0 Å². The van der Waals surface area contributed by atoms with Crippen LogP contribution in [-0.4, -0.2) is 25.7 Å². The van der Waals surface area contributed by atoms with E-state index in [1.54, 1.807) is 30.5 Å². The highest BCUT2D eigenvalue weighted by atomic mass is 16.3. The number of carbonyl (C=O) groups excluding carboxylic acids is 1. The lowest BCUT2D eigenvalue weighted by Crippen LogP contribution is -2.07. The van der Waals surface area contributed by atoms with Gasteiger partial charge in [0.05, 0.1) is 17.8 Å². The molecule has 1 N–H and O–H groups in total. The number of pyridine rings is 1. The predicted molar refractivity (Wildman–Crippen MR) is 84.1 cm³/mol. The molecule has 0 aliphatic heterocycles. The van der Waals surface area contributed by atoms with E-state index in [0.29, 0.717) is 5.56 Å². The molecule has 0 unspecified atom stereocenters. The summed E-state index contributed by atoms with van der Waals surface area (Å²) in [7, 11) is 0. The first-order chi connectivity index (χ1) is 10.6. The third-order valence-electron chi connectivity index (χ3n) is 3.85. The van der Waals surface area contributed by atoms with Gasteiger partial charge in [0.1, 0.15) is 5.75 Å². The Bertz CT molecular complexity index is 839. The van der Waals surface area contributed by atoms with E-state index in [9.17, 15) is 9.90 Å². The SMILES string of the molecule is CC[C@H](C)n1ncc2cc(C(=O)c3ccccc3O)cnc21. The number of para-hydroxylation sites is 1. The van der Waals surface area contributed by atoms with E-state index in [0.717, 1.165) is 17.5 Å². The molecule has 3 aromatic rings. The van der Waals surface area contributed by atoms with Crippen LogP contribution < -0.4 is 0 Å². The molecule has 0 aliphatic carbocycles. The van der Waals surface area contributed by atoms with Gasteiger partial charge in [0.2, 0.25) is 0 Å². The molecule has 2 heterocycles. The molecular formula is C17H17N3O2. The number of carbonyl (C=O) groups is 1. The van der Waals surface area contributed by atoms with Crippen molar-refractivity contribution in [3.8, 4) is 5.75 Å². The van der Waals surface area contributed by atoms with Crippen LogP contribution in [0.1, 0.15) is 42.2 Å². The lowest BCUT2D eigenvalue weighted by Gasteiger charge is -2.10.